The maximum absolute atomic E-state index is 13.5. The highest BCUT2D eigenvalue weighted by atomic mass is 16.6. The molecule has 2 amide bonds. The van der Waals surface area contributed by atoms with Crippen LogP contribution in [0.15, 0.2) is 59.6 Å². The van der Waals surface area contributed by atoms with Crippen LogP contribution in [0, 0.1) is 27.9 Å². The van der Waals surface area contributed by atoms with Gasteiger partial charge >= 0.3 is 7.12 Å². The molecule has 0 unspecified atom stereocenters. The van der Waals surface area contributed by atoms with Crippen LogP contribution >= 0.6 is 0 Å². The molecule has 3 aliphatic rings. The Hall–Kier alpha value is -3.50. The van der Waals surface area contributed by atoms with Crippen molar-refractivity contribution in [1.82, 2.24) is 0 Å². The number of anilines is 1. The Kier molecular flexibility index (Phi) is 5.06. The molecule has 2 heterocycles. The standard InChI is InChI=1S/C23H21BN2O7/c1-12-9-18-20(23(29)25(22(18)28)14-3-2-4-15(10-14)26(31)32)17-11-19(33-24(30)21(12)17)13-5-7-16(27)8-6-13/h2-8,10,17-20,27,30H,9,11H2,1H3/t17-,18-,19-,20+/m0/s1. The van der Waals surface area contributed by atoms with E-state index in [1.54, 1.807) is 12.1 Å². The zero-order valence-corrected chi connectivity index (χ0v) is 17.7. The summed E-state index contributed by atoms with van der Waals surface area (Å²) < 4.78 is 5.85. The van der Waals surface area contributed by atoms with Crippen LogP contribution in [0.5, 0.6) is 5.75 Å². The summed E-state index contributed by atoms with van der Waals surface area (Å²) >= 11 is 0. The van der Waals surface area contributed by atoms with Crippen molar-refractivity contribution in [3.8, 4) is 5.75 Å². The average molecular weight is 448 g/mol. The van der Waals surface area contributed by atoms with Crippen molar-refractivity contribution in [2.45, 2.75) is 25.9 Å². The predicted octanol–water partition coefficient (Wildman–Crippen LogP) is 2.92. The summed E-state index contributed by atoms with van der Waals surface area (Å²) in [4.78, 5) is 38.5. The topological polar surface area (TPSA) is 130 Å². The van der Waals surface area contributed by atoms with Gasteiger partial charge < -0.3 is 14.8 Å². The molecule has 5 rings (SSSR count). The lowest BCUT2D eigenvalue weighted by molar-refractivity contribution is -0.384. The third-order valence-electron chi connectivity index (χ3n) is 6.92. The third kappa shape index (κ3) is 3.42. The summed E-state index contributed by atoms with van der Waals surface area (Å²) in [7, 11) is -1.21. The van der Waals surface area contributed by atoms with Crippen LogP contribution in [0.1, 0.15) is 31.4 Å². The summed E-state index contributed by atoms with van der Waals surface area (Å²) in [6, 6.07) is 12.0. The fourth-order valence-electron chi connectivity index (χ4n) is 5.46. The molecular formula is C23H21BN2O7. The Morgan fingerprint density at radius 1 is 1.12 bits per heavy atom. The minimum Gasteiger partial charge on any atom is -0.508 e. The summed E-state index contributed by atoms with van der Waals surface area (Å²) in [5.74, 6) is -2.39. The van der Waals surface area contributed by atoms with E-state index in [0.717, 1.165) is 16.0 Å². The first-order valence-corrected chi connectivity index (χ1v) is 10.7. The predicted molar refractivity (Wildman–Crippen MR) is 118 cm³/mol. The van der Waals surface area contributed by atoms with E-state index >= 15 is 0 Å². The molecule has 9 nitrogen and oxygen atoms in total. The first-order valence-electron chi connectivity index (χ1n) is 10.7. The molecule has 33 heavy (non-hydrogen) atoms. The molecule has 2 N–H and O–H groups in total. The Morgan fingerprint density at radius 2 is 1.85 bits per heavy atom. The van der Waals surface area contributed by atoms with Crippen molar-refractivity contribution in [2.75, 3.05) is 4.90 Å². The monoisotopic (exact) mass is 448 g/mol. The van der Waals surface area contributed by atoms with Crippen molar-refractivity contribution in [2.24, 2.45) is 17.8 Å². The number of allylic oxidation sites excluding steroid dienone is 2. The Morgan fingerprint density at radius 3 is 2.55 bits per heavy atom. The van der Waals surface area contributed by atoms with E-state index in [0.29, 0.717) is 18.3 Å². The highest BCUT2D eigenvalue weighted by Crippen LogP contribution is 2.52. The summed E-state index contributed by atoms with van der Waals surface area (Å²) in [5, 5.41) is 31.6. The molecule has 0 saturated carbocycles. The Balaban J connectivity index is 1.51. The number of hydrogen-bond acceptors (Lipinski definition) is 7. The van der Waals surface area contributed by atoms with Crippen LogP contribution in [0.25, 0.3) is 0 Å². The number of nitro groups is 1. The normalized spacial score (nSPS) is 27.0. The minimum absolute atomic E-state index is 0.105. The van der Waals surface area contributed by atoms with Crippen LogP contribution in [0.3, 0.4) is 0 Å². The van der Waals surface area contributed by atoms with E-state index in [9.17, 15) is 29.8 Å². The fourth-order valence-corrected chi connectivity index (χ4v) is 5.46. The molecule has 0 spiro atoms. The summed E-state index contributed by atoms with van der Waals surface area (Å²) in [6.07, 6.45) is 0.185. The van der Waals surface area contributed by atoms with Crippen molar-refractivity contribution >= 4 is 30.3 Å². The number of carbonyl (C=O) groups excluding carboxylic acids is 2. The number of non-ortho nitro benzene ring substituents is 1. The second-order valence-corrected chi connectivity index (χ2v) is 8.77. The maximum Gasteiger partial charge on any atom is 0.487 e. The summed E-state index contributed by atoms with van der Waals surface area (Å²) in [6.45, 7) is 1.83. The number of benzene rings is 2. The molecule has 4 atom stereocenters. The summed E-state index contributed by atoms with van der Waals surface area (Å²) in [5.41, 5.74) is 2.17. The smallest absolute Gasteiger partial charge is 0.487 e. The molecule has 0 bridgehead atoms. The van der Waals surface area contributed by atoms with Crippen LogP contribution in [0.4, 0.5) is 11.4 Å². The molecule has 168 valence electrons. The van der Waals surface area contributed by atoms with Gasteiger partial charge in [-0.3, -0.25) is 19.7 Å². The molecule has 0 radical (unpaired) electrons. The third-order valence-corrected chi connectivity index (χ3v) is 6.92. The van der Waals surface area contributed by atoms with Crippen molar-refractivity contribution in [3.63, 3.8) is 0 Å². The van der Waals surface area contributed by atoms with Gasteiger partial charge in [0.15, 0.2) is 0 Å². The zero-order valence-electron chi connectivity index (χ0n) is 17.7. The zero-order chi connectivity index (χ0) is 23.4. The lowest BCUT2D eigenvalue weighted by Crippen LogP contribution is -2.44. The van der Waals surface area contributed by atoms with Crippen molar-refractivity contribution in [1.29, 1.82) is 0 Å². The number of amides is 2. The molecule has 2 fully saturated rings. The Bertz CT molecular complexity index is 1200. The number of fused-ring (bicyclic) bond motifs is 3. The molecule has 10 heteroatoms. The first kappa shape index (κ1) is 21.4. The van der Waals surface area contributed by atoms with Gasteiger partial charge in [-0.2, -0.15) is 0 Å². The number of aromatic hydroxyl groups is 1. The molecule has 2 saturated heterocycles. The first-order chi connectivity index (χ1) is 15.8. The van der Waals surface area contributed by atoms with Crippen LogP contribution in [-0.2, 0) is 14.2 Å². The van der Waals surface area contributed by atoms with E-state index in [1.165, 1.54) is 36.4 Å². The SMILES string of the molecule is CC1=C2B(O)O[C@H](c3ccc(O)cc3)C[C@H]2[C@H]2C(=O)N(c3cccc([N+](=O)[O-])c3)C(=O)[C@H]2C1. The number of phenols is 1. The van der Waals surface area contributed by atoms with E-state index in [2.05, 4.69) is 0 Å². The number of hydrogen-bond donors (Lipinski definition) is 2. The maximum atomic E-state index is 13.5. The number of carbonyl (C=O) groups is 2. The van der Waals surface area contributed by atoms with Gasteiger partial charge in [0, 0.05) is 12.1 Å². The van der Waals surface area contributed by atoms with Gasteiger partial charge in [-0.15, -0.1) is 0 Å². The molecule has 2 aliphatic heterocycles. The highest BCUT2D eigenvalue weighted by molar-refractivity contribution is 6.53. The van der Waals surface area contributed by atoms with Crippen LogP contribution < -0.4 is 4.90 Å². The lowest BCUT2D eigenvalue weighted by Gasteiger charge is -2.41. The van der Waals surface area contributed by atoms with E-state index in [4.69, 9.17) is 4.65 Å². The lowest BCUT2D eigenvalue weighted by atomic mass is 9.55. The van der Waals surface area contributed by atoms with E-state index in [1.807, 2.05) is 6.92 Å². The average Bonchev–Trinajstić information content (AvgIpc) is 3.03. The second-order valence-electron chi connectivity index (χ2n) is 8.77. The number of phenolic OH excluding ortho intramolecular Hbond substituents is 1. The molecule has 1 aliphatic carbocycles. The fraction of sp³-hybridized carbons (Fsp3) is 0.304. The van der Waals surface area contributed by atoms with E-state index < -0.39 is 41.8 Å². The van der Waals surface area contributed by atoms with Gasteiger partial charge in [-0.05, 0) is 54.9 Å². The van der Waals surface area contributed by atoms with Crippen LogP contribution in [-0.4, -0.2) is 34.0 Å². The van der Waals surface area contributed by atoms with Gasteiger partial charge in [0.05, 0.1) is 28.6 Å². The van der Waals surface area contributed by atoms with Gasteiger partial charge in [-0.1, -0.05) is 23.8 Å². The number of imide groups is 1. The highest BCUT2D eigenvalue weighted by Gasteiger charge is 2.57. The number of rotatable bonds is 3. The Labute approximate surface area is 189 Å². The molecular weight excluding hydrogens is 427 g/mol. The van der Waals surface area contributed by atoms with E-state index in [-0.39, 0.29) is 23.0 Å². The minimum atomic E-state index is -1.21. The quantitative estimate of drug-likeness (QED) is 0.320. The number of nitro benzene ring substituents is 1. The molecule has 2 aromatic carbocycles. The second kappa shape index (κ2) is 7.82. The molecule has 2 aromatic rings. The van der Waals surface area contributed by atoms with Gasteiger partial charge in [-0.25, -0.2) is 4.90 Å². The largest absolute Gasteiger partial charge is 0.508 e. The molecule has 0 aromatic heterocycles. The van der Waals surface area contributed by atoms with Crippen molar-refractivity contribution < 1.29 is 29.3 Å². The van der Waals surface area contributed by atoms with Gasteiger partial charge in [0.25, 0.3) is 5.69 Å². The number of nitrogens with zero attached hydrogens (tertiary/aromatic N) is 2. The van der Waals surface area contributed by atoms with Crippen LogP contribution in [0.2, 0.25) is 0 Å². The van der Waals surface area contributed by atoms with Crippen molar-refractivity contribution in [3.05, 3.63) is 75.3 Å². The van der Waals surface area contributed by atoms with Gasteiger partial charge in [0.1, 0.15) is 5.75 Å². The van der Waals surface area contributed by atoms with Gasteiger partial charge in [0.2, 0.25) is 11.8 Å².